The minimum absolute atomic E-state index is 0.431. The van der Waals surface area contributed by atoms with Crippen LogP contribution in [0, 0.1) is 6.92 Å². The summed E-state index contributed by atoms with van der Waals surface area (Å²) in [5.41, 5.74) is 6.23. The lowest BCUT2D eigenvalue weighted by Crippen LogP contribution is -2.23. The first kappa shape index (κ1) is 18.2. The van der Waals surface area contributed by atoms with Gasteiger partial charge in [0.05, 0.1) is 5.69 Å². The van der Waals surface area contributed by atoms with Gasteiger partial charge in [-0.15, -0.1) is 0 Å². The van der Waals surface area contributed by atoms with Crippen LogP contribution < -0.4 is 9.47 Å². The van der Waals surface area contributed by atoms with Gasteiger partial charge >= 0.3 is 0 Å². The Bertz CT molecular complexity index is 1000. The third-order valence-electron chi connectivity index (χ3n) is 5.99. The van der Waals surface area contributed by atoms with Crippen molar-refractivity contribution in [1.82, 2.24) is 9.88 Å². The molecule has 148 valence electrons. The van der Waals surface area contributed by atoms with Gasteiger partial charge in [0.15, 0.2) is 11.5 Å². The minimum Gasteiger partial charge on any atom is -0.486 e. The van der Waals surface area contributed by atoms with Crippen molar-refractivity contribution in [2.24, 2.45) is 0 Å². The SMILES string of the molecule is Cc1cc(-c2ccccn2)ccc1CN1CCCC1c1ccc2c(c1)OCCO2. The van der Waals surface area contributed by atoms with Crippen LogP contribution in [0.2, 0.25) is 0 Å². The normalized spacial score (nSPS) is 18.7. The molecule has 0 N–H and O–H groups in total. The van der Waals surface area contributed by atoms with E-state index in [1.54, 1.807) is 0 Å². The largest absolute Gasteiger partial charge is 0.486 e. The maximum Gasteiger partial charge on any atom is 0.161 e. The number of likely N-dealkylation sites (tertiary alicyclic amines) is 1. The van der Waals surface area contributed by atoms with Crippen molar-refractivity contribution < 1.29 is 9.47 Å². The van der Waals surface area contributed by atoms with Crippen LogP contribution in [0.5, 0.6) is 11.5 Å². The first-order valence-corrected chi connectivity index (χ1v) is 10.4. The number of pyridine rings is 1. The molecule has 0 spiro atoms. The van der Waals surface area contributed by atoms with E-state index >= 15 is 0 Å². The Balaban J connectivity index is 1.36. The molecule has 0 bridgehead atoms. The number of nitrogens with zero attached hydrogens (tertiary/aromatic N) is 2. The van der Waals surface area contributed by atoms with Gasteiger partial charge in [0.1, 0.15) is 13.2 Å². The highest BCUT2D eigenvalue weighted by Crippen LogP contribution is 2.39. The van der Waals surface area contributed by atoms with Gasteiger partial charge in [-0.05, 0) is 73.3 Å². The molecule has 1 aromatic heterocycles. The lowest BCUT2D eigenvalue weighted by Gasteiger charge is -2.27. The molecule has 0 saturated carbocycles. The molecule has 0 radical (unpaired) electrons. The molecule has 1 atom stereocenters. The van der Waals surface area contributed by atoms with E-state index in [0.29, 0.717) is 19.3 Å². The molecular formula is C25H26N2O2. The maximum atomic E-state index is 5.80. The molecule has 0 amide bonds. The van der Waals surface area contributed by atoms with Crippen LogP contribution in [0.3, 0.4) is 0 Å². The molecular weight excluding hydrogens is 360 g/mol. The Morgan fingerprint density at radius 3 is 2.72 bits per heavy atom. The summed E-state index contributed by atoms with van der Waals surface area (Å²) in [5, 5.41) is 0. The van der Waals surface area contributed by atoms with Crippen molar-refractivity contribution in [3.63, 3.8) is 0 Å². The van der Waals surface area contributed by atoms with Crippen LogP contribution in [0.1, 0.15) is 35.6 Å². The van der Waals surface area contributed by atoms with Gasteiger partial charge in [-0.25, -0.2) is 0 Å². The summed E-state index contributed by atoms with van der Waals surface area (Å²) in [5.74, 6) is 1.75. The van der Waals surface area contributed by atoms with Crippen LogP contribution in [-0.2, 0) is 6.54 Å². The highest BCUT2D eigenvalue weighted by Gasteiger charge is 2.27. The number of hydrogen-bond acceptors (Lipinski definition) is 4. The molecule has 5 rings (SSSR count). The van der Waals surface area contributed by atoms with E-state index in [1.807, 2.05) is 18.3 Å². The topological polar surface area (TPSA) is 34.6 Å². The van der Waals surface area contributed by atoms with E-state index in [2.05, 4.69) is 59.3 Å². The quantitative estimate of drug-likeness (QED) is 0.620. The van der Waals surface area contributed by atoms with Gasteiger partial charge in [0, 0.05) is 24.3 Å². The average molecular weight is 386 g/mol. The van der Waals surface area contributed by atoms with Gasteiger partial charge in [-0.2, -0.15) is 0 Å². The highest BCUT2D eigenvalue weighted by atomic mass is 16.6. The summed E-state index contributed by atoms with van der Waals surface area (Å²) in [6.07, 6.45) is 4.26. The van der Waals surface area contributed by atoms with Crippen LogP contribution in [0.25, 0.3) is 11.3 Å². The standard InChI is InChI=1S/C25H26N2O2/c1-18-15-19(22-5-2-3-11-26-22)7-8-21(18)17-27-12-4-6-23(27)20-9-10-24-25(16-20)29-14-13-28-24/h2-3,5,7-11,15-16,23H,4,6,12-14,17H2,1H3. The second kappa shape index (κ2) is 7.88. The van der Waals surface area contributed by atoms with Crippen LogP contribution in [0.4, 0.5) is 0 Å². The highest BCUT2D eigenvalue weighted by molar-refractivity contribution is 5.60. The smallest absolute Gasteiger partial charge is 0.161 e. The Labute approximate surface area is 172 Å². The van der Waals surface area contributed by atoms with Crippen molar-refractivity contribution in [2.45, 2.75) is 32.4 Å². The molecule has 2 aliphatic heterocycles. The minimum atomic E-state index is 0.431. The van der Waals surface area contributed by atoms with E-state index in [4.69, 9.17) is 9.47 Å². The first-order chi connectivity index (χ1) is 14.3. The number of ether oxygens (including phenoxy) is 2. The number of benzene rings is 2. The zero-order valence-corrected chi connectivity index (χ0v) is 16.8. The van der Waals surface area contributed by atoms with Gasteiger partial charge in [0.25, 0.3) is 0 Å². The number of aryl methyl sites for hydroxylation is 1. The Morgan fingerprint density at radius 2 is 1.90 bits per heavy atom. The Hall–Kier alpha value is -2.85. The van der Waals surface area contributed by atoms with Gasteiger partial charge in [0.2, 0.25) is 0 Å². The number of hydrogen-bond donors (Lipinski definition) is 0. The molecule has 0 aliphatic carbocycles. The third kappa shape index (κ3) is 3.73. The fraction of sp³-hybridized carbons (Fsp3) is 0.320. The fourth-order valence-electron chi connectivity index (χ4n) is 4.45. The molecule has 29 heavy (non-hydrogen) atoms. The maximum absolute atomic E-state index is 5.80. The Morgan fingerprint density at radius 1 is 1.00 bits per heavy atom. The van der Waals surface area contributed by atoms with E-state index in [0.717, 1.165) is 30.3 Å². The lowest BCUT2D eigenvalue weighted by atomic mass is 10.0. The van der Waals surface area contributed by atoms with Crippen molar-refractivity contribution >= 4 is 0 Å². The zero-order valence-electron chi connectivity index (χ0n) is 16.8. The van der Waals surface area contributed by atoms with E-state index in [-0.39, 0.29) is 0 Å². The van der Waals surface area contributed by atoms with Crippen LogP contribution in [0.15, 0.2) is 60.8 Å². The molecule has 2 aromatic carbocycles. The van der Waals surface area contributed by atoms with Crippen LogP contribution in [-0.4, -0.2) is 29.6 Å². The molecule has 2 aliphatic rings. The van der Waals surface area contributed by atoms with Crippen molar-refractivity contribution in [1.29, 1.82) is 0 Å². The molecule has 4 nitrogen and oxygen atoms in total. The van der Waals surface area contributed by atoms with Crippen molar-refractivity contribution in [2.75, 3.05) is 19.8 Å². The van der Waals surface area contributed by atoms with Gasteiger partial charge < -0.3 is 9.47 Å². The monoisotopic (exact) mass is 386 g/mol. The number of rotatable bonds is 4. The Kier molecular flexibility index (Phi) is 4.94. The summed E-state index contributed by atoms with van der Waals surface area (Å²) >= 11 is 0. The predicted octanol–water partition coefficient (Wildman–Crippen LogP) is 5.17. The van der Waals surface area contributed by atoms with E-state index in [1.165, 1.54) is 35.1 Å². The number of fused-ring (bicyclic) bond motifs is 1. The molecule has 3 aromatic rings. The van der Waals surface area contributed by atoms with Gasteiger partial charge in [-0.1, -0.05) is 24.3 Å². The summed E-state index contributed by atoms with van der Waals surface area (Å²) in [6.45, 7) is 5.56. The fourth-order valence-corrected chi connectivity index (χ4v) is 4.45. The molecule has 1 fully saturated rings. The first-order valence-electron chi connectivity index (χ1n) is 10.4. The second-order valence-corrected chi connectivity index (χ2v) is 7.89. The molecule has 3 heterocycles. The summed E-state index contributed by atoms with van der Waals surface area (Å²) in [7, 11) is 0. The summed E-state index contributed by atoms with van der Waals surface area (Å²) < 4.78 is 11.5. The predicted molar refractivity (Wildman–Crippen MR) is 114 cm³/mol. The van der Waals surface area contributed by atoms with E-state index < -0.39 is 0 Å². The number of aromatic nitrogens is 1. The van der Waals surface area contributed by atoms with E-state index in [9.17, 15) is 0 Å². The second-order valence-electron chi connectivity index (χ2n) is 7.89. The third-order valence-corrected chi connectivity index (χ3v) is 5.99. The summed E-state index contributed by atoms with van der Waals surface area (Å²) in [4.78, 5) is 7.07. The lowest BCUT2D eigenvalue weighted by molar-refractivity contribution is 0.170. The average Bonchev–Trinajstić information content (AvgIpc) is 3.23. The molecule has 4 heteroatoms. The van der Waals surface area contributed by atoms with Crippen LogP contribution >= 0.6 is 0 Å². The van der Waals surface area contributed by atoms with Crippen molar-refractivity contribution in [3.8, 4) is 22.8 Å². The molecule has 1 saturated heterocycles. The zero-order chi connectivity index (χ0) is 19.6. The van der Waals surface area contributed by atoms with Gasteiger partial charge in [-0.3, -0.25) is 9.88 Å². The van der Waals surface area contributed by atoms with Crippen molar-refractivity contribution in [3.05, 3.63) is 77.5 Å². The molecule has 1 unspecified atom stereocenters. The summed E-state index contributed by atoms with van der Waals surface area (Å²) in [6, 6.07) is 19.6.